The van der Waals surface area contributed by atoms with Gasteiger partial charge in [-0.1, -0.05) is 71.7 Å². The van der Waals surface area contributed by atoms with E-state index in [0.29, 0.717) is 36.9 Å². The number of amides is 2. The third kappa shape index (κ3) is 7.48. The van der Waals surface area contributed by atoms with Crippen LogP contribution in [0.3, 0.4) is 0 Å². The average Bonchev–Trinajstić information content (AvgIpc) is 2.69. The first-order valence-electron chi connectivity index (χ1n) is 9.83. The number of rotatable bonds is 9. The summed E-state index contributed by atoms with van der Waals surface area (Å²) in [5, 5.41) is 3.59. The molecule has 1 unspecified atom stereocenters. The van der Waals surface area contributed by atoms with Crippen LogP contribution in [0, 0.1) is 5.92 Å². The molecule has 0 bridgehead atoms. The fourth-order valence-corrected chi connectivity index (χ4v) is 3.63. The smallest absolute Gasteiger partial charge is 0.242 e. The molecule has 0 aliphatic carbocycles. The van der Waals surface area contributed by atoms with Crippen LogP contribution >= 0.6 is 27.5 Å². The van der Waals surface area contributed by atoms with E-state index in [1.165, 1.54) is 0 Å². The molecule has 0 aromatic heterocycles. The van der Waals surface area contributed by atoms with Crippen molar-refractivity contribution in [2.75, 3.05) is 6.54 Å². The number of benzene rings is 2. The van der Waals surface area contributed by atoms with Gasteiger partial charge in [0.1, 0.15) is 6.04 Å². The molecule has 2 aromatic carbocycles. The minimum absolute atomic E-state index is 0.0721. The molecule has 2 rings (SSSR count). The SMILES string of the molecule is CC(C)CNC(=O)C(C)N(Cc1cccc(Br)c1)C(=O)CCc1ccccc1Cl. The molecule has 0 spiro atoms. The number of carbonyl (C=O) groups is 2. The molecule has 0 aliphatic rings. The zero-order valence-corrected chi connectivity index (χ0v) is 19.5. The summed E-state index contributed by atoms with van der Waals surface area (Å²) in [5.41, 5.74) is 1.90. The molecular formula is C23H28BrClN2O2. The summed E-state index contributed by atoms with van der Waals surface area (Å²) in [6, 6.07) is 14.7. The number of halogens is 2. The molecule has 4 nitrogen and oxygen atoms in total. The Labute approximate surface area is 186 Å². The average molecular weight is 480 g/mol. The van der Waals surface area contributed by atoms with Gasteiger partial charge >= 0.3 is 0 Å². The van der Waals surface area contributed by atoms with Gasteiger partial charge in [-0.25, -0.2) is 0 Å². The highest BCUT2D eigenvalue weighted by Gasteiger charge is 2.26. The van der Waals surface area contributed by atoms with Crippen molar-refractivity contribution in [3.63, 3.8) is 0 Å². The lowest BCUT2D eigenvalue weighted by atomic mass is 10.1. The maximum atomic E-state index is 13.1. The molecule has 2 aromatic rings. The quantitative estimate of drug-likeness (QED) is 0.536. The van der Waals surface area contributed by atoms with Crippen molar-refractivity contribution < 1.29 is 9.59 Å². The molecule has 0 fully saturated rings. The highest BCUT2D eigenvalue weighted by Crippen LogP contribution is 2.19. The third-order valence-electron chi connectivity index (χ3n) is 4.66. The van der Waals surface area contributed by atoms with E-state index in [4.69, 9.17) is 11.6 Å². The maximum absolute atomic E-state index is 13.1. The Balaban J connectivity index is 2.14. The van der Waals surface area contributed by atoms with Crippen LogP contribution in [0.2, 0.25) is 5.02 Å². The van der Waals surface area contributed by atoms with Crippen molar-refractivity contribution in [1.29, 1.82) is 0 Å². The van der Waals surface area contributed by atoms with Gasteiger partial charge in [0.15, 0.2) is 0 Å². The Morgan fingerprint density at radius 1 is 1.10 bits per heavy atom. The summed E-state index contributed by atoms with van der Waals surface area (Å²) < 4.78 is 0.940. The molecular weight excluding hydrogens is 452 g/mol. The summed E-state index contributed by atoms with van der Waals surface area (Å²) >= 11 is 9.69. The maximum Gasteiger partial charge on any atom is 0.242 e. The van der Waals surface area contributed by atoms with Gasteiger partial charge in [0.25, 0.3) is 0 Å². The lowest BCUT2D eigenvalue weighted by Gasteiger charge is -2.29. The van der Waals surface area contributed by atoms with Crippen LogP contribution in [0.25, 0.3) is 0 Å². The number of carbonyl (C=O) groups excluding carboxylic acids is 2. The second kappa shape index (κ2) is 11.4. The number of nitrogens with one attached hydrogen (secondary N) is 1. The summed E-state index contributed by atoms with van der Waals surface area (Å²) in [6.07, 6.45) is 0.827. The van der Waals surface area contributed by atoms with Crippen molar-refractivity contribution in [2.24, 2.45) is 5.92 Å². The molecule has 6 heteroatoms. The van der Waals surface area contributed by atoms with Crippen LogP contribution in [-0.4, -0.2) is 29.3 Å². The topological polar surface area (TPSA) is 49.4 Å². The van der Waals surface area contributed by atoms with E-state index in [-0.39, 0.29) is 11.8 Å². The molecule has 0 heterocycles. The minimum Gasteiger partial charge on any atom is -0.354 e. The molecule has 0 saturated heterocycles. The van der Waals surface area contributed by atoms with Gasteiger partial charge < -0.3 is 10.2 Å². The first-order chi connectivity index (χ1) is 13.8. The Morgan fingerprint density at radius 2 is 1.83 bits per heavy atom. The summed E-state index contributed by atoms with van der Waals surface area (Å²) in [6.45, 7) is 6.82. The van der Waals surface area contributed by atoms with Crippen molar-refractivity contribution in [3.8, 4) is 0 Å². The standard InChI is InChI=1S/C23H28BrClN2O2/c1-16(2)14-26-23(29)17(3)27(15-18-7-6-9-20(24)13-18)22(28)12-11-19-8-4-5-10-21(19)25/h4-10,13,16-17H,11-12,14-15H2,1-3H3,(H,26,29). The molecule has 1 atom stereocenters. The van der Waals surface area contributed by atoms with E-state index in [1.807, 2.05) is 62.4 Å². The van der Waals surface area contributed by atoms with E-state index in [2.05, 4.69) is 21.2 Å². The monoisotopic (exact) mass is 478 g/mol. The Hall–Kier alpha value is -1.85. The van der Waals surface area contributed by atoms with E-state index >= 15 is 0 Å². The second-order valence-electron chi connectivity index (χ2n) is 7.56. The fraction of sp³-hybridized carbons (Fsp3) is 0.391. The molecule has 29 heavy (non-hydrogen) atoms. The molecule has 2 amide bonds. The van der Waals surface area contributed by atoms with Gasteiger partial charge in [0.05, 0.1) is 0 Å². The molecule has 0 saturated carbocycles. The number of aryl methyl sites for hydroxylation is 1. The molecule has 1 N–H and O–H groups in total. The van der Waals surface area contributed by atoms with Crippen molar-refractivity contribution in [1.82, 2.24) is 10.2 Å². The Kier molecular flexibility index (Phi) is 9.18. The first-order valence-corrected chi connectivity index (χ1v) is 11.0. The molecule has 156 valence electrons. The minimum atomic E-state index is -0.563. The van der Waals surface area contributed by atoms with Gasteiger partial charge in [0.2, 0.25) is 11.8 Å². The third-order valence-corrected chi connectivity index (χ3v) is 5.52. The van der Waals surface area contributed by atoms with Crippen LogP contribution in [0.1, 0.15) is 38.3 Å². The van der Waals surface area contributed by atoms with E-state index in [1.54, 1.807) is 11.8 Å². The summed E-state index contributed by atoms with van der Waals surface area (Å²) in [4.78, 5) is 27.4. The molecule has 0 radical (unpaired) electrons. The van der Waals surface area contributed by atoms with Gasteiger partial charge in [-0.2, -0.15) is 0 Å². The van der Waals surface area contributed by atoms with E-state index < -0.39 is 6.04 Å². The zero-order chi connectivity index (χ0) is 21.4. The Bertz CT molecular complexity index is 841. The molecule has 0 aliphatic heterocycles. The first kappa shape index (κ1) is 23.4. The van der Waals surface area contributed by atoms with Gasteiger partial charge in [-0.05, 0) is 48.6 Å². The van der Waals surface area contributed by atoms with E-state index in [9.17, 15) is 9.59 Å². The lowest BCUT2D eigenvalue weighted by molar-refractivity contribution is -0.140. The number of nitrogens with zero attached hydrogens (tertiary/aromatic N) is 1. The van der Waals surface area contributed by atoms with E-state index in [0.717, 1.165) is 15.6 Å². The highest BCUT2D eigenvalue weighted by molar-refractivity contribution is 9.10. The van der Waals surface area contributed by atoms with Gasteiger partial charge in [-0.15, -0.1) is 0 Å². The number of hydrogen-bond donors (Lipinski definition) is 1. The predicted molar refractivity (Wildman–Crippen MR) is 122 cm³/mol. The number of hydrogen-bond acceptors (Lipinski definition) is 2. The zero-order valence-electron chi connectivity index (χ0n) is 17.1. The highest BCUT2D eigenvalue weighted by atomic mass is 79.9. The summed E-state index contributed by atoms with van der Waals surface area (Å²) in [7, 11) is 0. The van der Waals surface area contributed by atoms with Crippen LogP contribution in [-0.2, 0) is 22.6 Å². The summed E-state index contributed by atoms with van der Waals surface area (Å²) in [5.74, 6) is 0.137. The Morgan fingerprint density at radius 3 is 2.48 bits per heavy atom. The predicted octanol–water partition coefficient (Wildman–Crippen LogP) is 5.22. The van der Waals surface area contributed by atoms with Crippen LogP contribution in [0.4, 0.5) is 0 Å². The lowest BCUT2D eigenvalue weighted by Crippen LogP contribution is -2.48. The normalized spacial score (nSPS) is 11.9. The van der Waals surface area contributed by atoms with Crippen molar-refractivity contribution in [2.45, 2.75) is 46.2 Å². The largest absolute Gasteiger partial charge is 0.354 e. The van der Waals surface area contributed by atoms with Gasteiger partial charge in [0, 0.05) is 29.0 Å². The van der Waals surface area contributed by atoms with Crippen LogP contribution in [0.5, 0.6) is 0 Å². The van der Waals surface area contributed by atoms with Crippen LogP contribution in [0.15, 0.2) is 53.0 Å². The van der Waals surface area contributed by atoms with Crippen molar-refractivity contribution >= 4 is 39.3 Å². The second-order valence-corrected chi connectivity index (χ2v) is 8.88. The fourth-order valence-electron chi connectivity index (χ4n) is 2.95. The van der Waals surface area contributed by atoms with Crippen molar-refractivity contribution in [3.05, 3.63) is 69.2 Å². The van der Waals surface area contributed by atoms with Gasteiger partial charge in [-0.3, -0.25) is 9.59 Å². The van der Waals surface area contributed by atoms with Crippen LogP contribution < -0.4 is 5.32 Å².